The third-order valence-electron chi connectivity index (χ3n) is 4.28. The molecule has 118 valence electrons. The van der Waals surface area contributed by atoms with Crippen LogP contribution in [0, 0.1) is 6.92 Å². The van der Waals surface area contributed by atoms with Gasteiger partial charge in [-0.15, -0.1) is 0 Å². The minimum atomic E-state index is 0.794. The molecule has 2 aromatic carbocycles. The van der Waals surface area contributed by atoms with Crippen LogP contribution in [0.1, 0.15) is 5.56 Å². The zero-order valence-corrected chi connectivity index (χ0v) is 14.6. The number of anilines is 1. The van der Waals surface area contributed by atoms with Crippen LogP contribution < -0.4 is 4.90 Å². The van der Waals surface area contributed by atoms with E-state index in [-0.39, 0.29) is 0 Å². The topological polar surface area (TPSA) is 41.2 Å². The Morgan fingerprint density at radius 3 is 2.78 bits per heavy atom. The molecule has 0 atom stereocenters. The number of aromatic amines is 1. The van der Waals surface area contributed by atoms with Gasteiger partial charge in [0.1, 0.15) is 5.82 Å². The molecule has 1 N–H and O–H groups in total. The summed E-state index contributed by atoms with van der Waals surface area (Å²) in [5.74, 6) is 0.910. The number of hydrogen-bond donors (Lipinski definition) is 1. The molecule has 0 bridgehead atoms. The molecular weight excluding hydrogens is 354 g/mol. The van der Waals surface area contributed by atoms with Gasteiger partial charge < -0.3 is 14.6 Å². The van der Waals surface area contributed by atoms with E-state index < -0.39 is 0 Å². The lowest BCUT2D eigenvalue weighted by atomic mass is 10.1. The third kappa shape index (κ3) is 2.86. The lowest BCUT2D eigenvalue weighted by Gasteiger charge is -2.30. The maximum atomic E-state index is 5.46. The largest absolute Gasteiger partial charge is 0.378 e. The first-order valence-corrected chi connectivity index (χ1v) is 8.59. The minimum Gasteiger partial charge on any atom is -0.378 e. The molecule has 1 aliphatic rings. The van der Waals surface area contributed by atoms with Crippen molar-refractivity contribution in [3.63, 3.8) is 0 Å². The smallest absolute Gasteiger partial charge is 0.138 e. The van der Waals surface area contributed by atoms with Crippen LogP contribution in [-0.2, 0) is 4.74 Å². The van der Waals surface area contributed by atoms with E-state index in [9.17, 15) is 0 Å². The Balaban J connectivity index is 1.75. The second-order valence-electron chi connectivity index (χ2n) is 5.85. The number of halogens is 1. The first-order valence-electron chi connectivity index (χ1n) is 7.80. The van der Waals surface area contributed by atoms with Crippen LogP contribution in [0.15, 0.2) is 40.9 Å². The van der Waals surface area contributed by atoms with Gasteiger partial charge in [-0.25, -0.2) is 4.98 Å². The Kier molecular flexibility index (Phi) is 3.83. The fourth-order valence-corrected chi connectivity index (χ4v) is 3.38. The molecule has 23 heavy (non-hydrogen) atoms. The molecule has 0 amide bonds. The fourth-order valence-electron chi connectivity index (χ4n) is 3.02. The van der Waals surface area contributed by atoms with Crippen molar-refractivity contribution in [1.29, 1.82) is 0 Å². The number of morpholine rings is 1. The second-order valence-corrected chi connectivity index (χ2v) is 6.76. The van der Waals surface area contributed by atoms with Crippen molar-refractivity contribution in [2.75, 3.05) is 31.2 Å². The van der Waals surface area contributed by atoms with Gasteiger partial charge in [-0.05, 0) is 36.8 Å². The van der Waals surface area contributed by atoms with Crippen LogP contribution in [0.4, 0.5) is 5.69 Å². The van der Waals surface area contributed by atoms with E-state index in [0.717, 1.165) is 53.2 Å². The molecule has 0 saturated carbocycles. The molecule has 1 saturated heterocycles. The zero-order chi connectivity index (χ0) is 15.8. The van der Waals surface area contributed by atoms with Gasteiger partial charge in [0.05, 0.1) is 24.2 Å². The predicted molar refractivity (Wildman–Crippen MR) is 97.0 cm³/mol. The van der Waals surface area contributed by atoms with Crippen molar-refractivity contribution >= 4 is 32.7 Å². The Morgan fingerprint density at radius 2 is 1.96 bits per heavy atom. The van der Waals surface area contributed by atoms with Gasteiger partial charge in [0.25, 0.3) is 0 Å². The van der Waals surface area contributed by atoms with Crippen molar-refractivity contribution in [1.82, 2.24) is 9.97 Å². The van der Waals surface area contributed by atoms with Crippen molar-refractivity contribution in [2.45, 2.75) is 6.92 Å². The van der Waals surface area contributed by atoms with E-state index >= 15 is 0 Å². The summed E-state index contributed by atoms with van der Waals surface area (Å²) in [5, 5.41) is 0. The number of rotatable bonds is 2. The number of imidazole rings is 1. The lowest BCUT2D eigenvalue weighted by Crippen LogP contribution is -2.36. The lowest BCUT2D eigenvalue weighted by molar-refractivity contribution is 0.122. The van der Waals surface area contributed by atoms with Crippen LogP contribution in [0.5, 0.6) is 0 Å². The van der Waals surface area contributed by atoms with Gasteiger partial charge in [0.15, 0.2) is 0 Å². The van der Waals surface area contributed by atoms with E-state index in [0.29, 0.717) is 0 Å². The summed E-state index contributed by atoms with van der Waals surface area (Å²) in [5.41, 5.74) is 5.70. The molecule has 2 heterocycles. The summed E-state index contributed by atoms with van der Waals surface area (Å²) in [4.78, 5) is 10.5. The first-order chi connectivity index (χ1) is 11.2. The molecule has 1 fully saturated rings. The average Bonchev–Trinajstić information content (AvgIpc) is 2.99. The van der Waals surface area contributed by atoms with E-state index in [1.807, 2.05) is 12.1 Å². The third-order valence-corrected chi connectivity index (χ3v) is 4.77. The highest BCUT2D eigenvalue weighted by Crippen LogP contribution is 2.29. The van der Waals surface area contributed by atoms with Crippen molar-refractivity contribution < 1.29 is 4.74 Å². The Hall–Kier alpha value is -1.85. The van der Waals surface area contributed by atoms with Crippen LogP contribution >= 0.6 is 15.9 Å². The summed E-state index contributed by atoms with van der Waals surface area (Å²) >= 11 is 3.50. The molecule has 0 aliphatic carbocycles. The van der Waals surface area contributed by atoms with E-state index in [1.165, 1.54) is 11.3 Å². The van der Waals surface area contributed by atoms with Gasteiger partial charge in [0.2, 0.25) is 0 Å². The molecule has 1 aromatic heterocycles. The summed E-state index contributed by atoms with van der Waals surface area (Å²) < 4.78 is 6.52. The Labute approximate surface area is 143 Å². The Morgan fingerprint density at radius 1 is 1.13 bits per heavy atom. The molecule has 0 spiro atoms. The molecule has 4 nitrogen and oxygen atoms in total. The average molecular weight is 372 g/mol. The molecule has 0 unspecified atom stereocenters. The summed E-state index contributed by atoms with van der Waals surface area (Å²) in [7, 11) is 0. The standard InChI is InChI=1S/C18H18BrN3O/c1-12-2-3-13(10-17(12)22-6-8-23-9-7-22)18-20-15-5-4-14(19)11-16(15)21-18/h2-5,10-11H,6-9H2,1H3,(H,20,21). The van der Waals surface area contributed by atoms with Gasteiger partial charge in [0, 0.05) is 28.8 Å². The van der Waals surface area contributed by atoms with Crippen molar-refractivity contribution in [3.8, 4) is 11.4 Å². The molecule has 0 radical (unpaired) electrons. The number of nitrogens with one attached hydrogen (secondary N) is 1. The molecule has 4 rings (SSSR count). The number of aryl methyl sites for hydroxylation is 1. The predicted octanol–water partition coefficient (Wildman–Crippen LogP) is 4.14. The van der Waals surface area contributed by atoms with Gasteiger partial charge in [-0.1, -0.05) is 28.1 Å². The summed E-state index contributed by atoms with van der Waals surface area (Å²) in [6, 6.07) is 12.6. The number of benzene rings is 2. The van der Waals surface area contributed by atoms with Gasteiger partial charge in [-0.3, -0.25) is 0 Å². The molecule has 5 heteroatoms. The summed E-state index contributed by atoms with van der Waals surface area (Å²) in [6.07, 6.45) is 0. The monoisotopic (exact) mass is 371 g/mol. The quantitative estimate of drug-likeness (QED) is 0.735. The van der Waals surface area contributed by atoms with Gasteiger partial charge in [-0.2, -0.15) is 0 Å². The SMILES string of the molecule is Cc1ccc(-c2nc3ccc(Br)cc3[nH]2)cc1N1CCOCC1. The molecule has 3 aromatic rings. The van der Waals surface area contributed by atoms with Crippen molar-refractivity contribution in [2.24, 2.45) is 0 Å². The van der Waals surface area contributed by atoms with E-state index in [1.54, 1.807) is 0 Å². The highest BCUT2D eigenvalue weighted by atomic mass is 79.9. The maximum Gasteiger partial charge on any atom is 0.138 e. The van der Waals surface area contributed by atoms with Crippen LogP contribution in [-0.4, -0.2) is 36.3 Å². The number of ether oxygens (including phenoxy) is 1. The zero-order valence-electron chi connectivity index (χ0n) is 13.0. The highest BCUT2D eigenvalue weighted by molar-refractivity contribution is 9.10. The number of nitrogens with zero attached hydrogens (tertiary/aromatic N) is 2. The van der Waals surface area contributed by atoms with Crippen LogP contribution in [0.2, 0.25) is 0 Å². The maximum absolute atomic E-state index is 5.46. The number of H-pyrrole nitrogens is 1. The first kappa shape index (κ1) is 14.7. The number of fused-ring (bicyclic) bond motifs is 1. The molecule has 1 aliphatic heterocycles. The van der Waals surface area contributed by atoms with Crippen molar-refractivity contribution in [3.05, 3.63) is 46.4 Å². The number of aromatic nitrogens is 2. The molecular formula is C18H18BrN3O. The van der Waals surface area contributed by atoms with E-state index in [4.69, 9.17) is 9.72 Å². The normalized spacial score (nSPS) is 15.3. The second kappa shape index (κ2) is 5.98. The minimum absolute atomic E-state index is 0.794. The fraction of sp³-hybridized carbons (Fsp3) is 0.278. The van der Waals surface area contributed by atoms with Crippen LogP contribution in [0.25, 0.3) is 22.4 Å². The van der Waals surface area contributed by atoms with Gasteiger partial charge >= 0.3 is 0 Å². The van der Waals surface area contributed by atoms with E-state index in [2.05, 4.69) is 57.0 Å². The summed E-state index contributed by atoms with van der Waals surface area (Å²) in [6.45, 7) is 5.63. The number of hydrogen-bond acceptors (Lipinski definition) is 3. The van der Waals surface area contributed by atoms with Crippen LogP contribution in [0.3, 0.4) is 0 Å². The Bertz CT molecular complexity index is 853. The highest BCUT2D eigenvalue weighted by Gasteiger charge is 2.15.